The highest BCUT2D eigenvalue weighted by molar-refractivity contribution is 6.01. The molecule has 98 valence electrons. The lowest BCUT2D eigenvalue weighted by Gasteiger charge is -2.11. The molecule has 0 atom stereocenters. The van der Waals surface area contributed by atoms with Crippen LogP contribution in [0.15, 0.2) is 36.4 Å². The van der Waals surface area contributed by atoms with Crippen LogP contribution in [0.25, 0.3) is 0 Å². The van der Waals surface area contributed by atoms with Crippen molar-refractivity contribution in [1.82, 2.24) is 0 Å². The highest BCUT2D eigenvalue weighted by Gasteiger charge is 2.19. The predicted molar refractivity (Wildman–Crippen MR) is 77.6 cm³/mol. The summed E-state index contributed by atoms with van der Waals surface area (Å²) in [7, 11) is 0. The molecule has 0 spiro atoms. The predicted octanol–water partition coefficient (Wildman–Crippen LogP) is 2.38. The molecule has 0 aromatic heterocycles. The SMILES string of the molecule is N#Cc1cccc(Nc2cc3c(cc2N)CC(=O)N3)c1. The van der Waals surface area contributed by atoms with Crippen LogP contribution in [0.2, 0.25) is 0 Å². The minimum absolute atomic E-state index is 0.0250. The Kier molecular flexibility index (Phi) is 2.77. The van der Waals surface area contributed by atoms with E-state index >= 15 is 0 Å². The number of nitriles is 1. The van der Waals surface area contributed by atoms with Gasteiger partial charge < -0.3 is 16.4 Å². The fourth-order valence-corrected chi connectivity index (χ4v) is 2.22. The molecule has 2 aromatic rings. The Hall–Kier alpha value is -3.00. The van der Waals surface area contributed by atoms with E-state index in [1.807, 2.05) is 12.1 Å². The van der Waals surface area contributed by atoms with E-state index in [2.05, 4.69) is 16.7 Å². The summed E-state index contributed by atoms with van der Waals surface area (Å²) in [6, 6.07) is 12.8. The van der Waals surface area contributed by atoms with Gasteiger partial charge in [-0.05, 0) is 35.9 Å². The summed E-state index contributed by atoms with van der Waals surface area (Å²) >= 11 is 0. The Bertz CT molecular complexity index is 746. The van der Waals surface area contributed by atoms with Crippen molar-refractivity contribution in [2.75, 3.05) is 16.4 Å². The van der Waals surface area contributed by atoms with Crippen molar-refractivity contribution >= 4 is 28.7 Å². The van der Waals surface area contributed by atoms with Crippen molar-refractivity contribution < 1.29 is 4.79 Å². The number of nitrogens with one attached hydrogen (secondary N) is 2. The minimum Gasteiger partial charge on any atom is -0.397 e. The van der Waals surface area contributed by atoms with E-state index in [0.29, 0.717) is 23.4 Å². The molecule has 0 unspecified atom stereocenters. The van der Waals surface area contributed by atoms with Crippen molar-refractivity contribution in [2.45, 2.75) is 6.42 Å². The van der Waals surface area contributed by atoms with Crippen molar-refractivity contribution in [3.05, 3.63) is 47.5 Å². The molecule has 2 aromatic carbocycles. The van der Waals surface area contributed by atoms with E-state index in [1.165, 1.54) is 0 Å². The molecule has 5 nitrogen and oxygen atoms in total. The Labute approximate surface area is 116 Å². The number of carbonyl (C=O) groups is 1. The summed E-state index contributed by atoms with van der Waals surface area (Å²) in [5, 5.41) is 14.8. The van der Waals surface area contributed by atoms with Gasteiger partial charge in [-0.2, -0.15) is 5.26 Å². The first-order valence-electron chi connectivity index (χ1n) is 6.15. The van der Waals surface area contributed by atoms with Crippen LogP contribution in [-0.2, 0) is 11.2 Å². The molecule has 1 aliphatic rings. The van der Waals surface area contributed by atoms with Crippen LogP contribution < -0.4 is 16.4 Å². The number of nitrogens with zero attached hydrogens (tertiary/aromatic N) is 1. The highest BCUT2D eigenvalue weighted by Crippen LogP contribution is 2.33. The second kappa shape index (κ2) is 4.59. The average Bonchev–Trinajstić information content (AvgIpc) is 2.78. The Morgan fingerprint density at radius 2 is 2.15 bits per heavy atom. The summed E-state index contributed by atoms with van der Waals surface area (Å²) in [4.78, 5) is 11.4. The van der Waals surface area contributed by atoms with Gasteiger partial charge >= 0.3 is 0 Å². The zero-order valence-electron chi connectivity index (χ0n) is 10.6. The van der Waals surface area contributed by atoms with Gasteiger partial charge in [-0.15, -0.1) is 0 Å². The molecule has 3 rings (SSSR count). The van der Waals surface area contributed by atoms with Crippen LogP contribution in [0, 0.1) is 11.3 Å². The maximum Gasteiger partial charge on any atom is 0.228 e. The number of nitrogens with two attached hydrogens (primary N) is 1. The number of rotatable bonds is 2. The van der Waals surface area contributed by atoms with E-state index in [4.69, 9.17) is 11.0 Å². The first kappa shape index (κ1) is 12.1. The normalized spacial score (nSPS) is 12.4. The van der Waals surface area contributed by atoms with Crippen molar-refractivity contribution in [3.63, 3.8) is 0 Å². The number of hydrogen-bond acceptors (Lipinski definition) is 4. The molecule has 4 N–H and O–H groups in total. The van der Waals surface area contributed by atoms with Gasteiger partial charge in [0, 0.05) is 11.4 Å². The van der Waals surface area contributed by atoms with E-state index in [9.17, 15) is 4.79 Å². The summed E-state index contributed by atoms with van der Waals surface area (Å²) < 4.78 is 0. The third-order valence-electron chi connectivity index (χ3n) is 3.17. The van der Waals surface area contributed by atoms with Gasteiger partial charge in [-0.25, -0.2) is 0 Å². The molecule has 0 bridgehead atoms. The number of fused-ring (bicyclic) bond motifs is 1. The summed E-state index contributed by atoms with van der Waals surface area (Å²) in [6.07, 6.45) is 0.365. The standard InChI is InChI=1S/C15H12N4O/c16-8-9-2-1-3-11(4-9)18-14-7-13-10(5-12(14)17)6-15(20)19-13/h1-5,7,18H,6,17H2,(H,19,20). The number of carbonyl (C=O) groups excluding carboxylic acids is 1. The van der Waals surface area contributed by atoms with Crippen LogP contribution in [0.1, 0.15) is 11.1 Å². The third kappa shape index (κ3) is 2.15. The van der Waals surface area contributed by atoms with Gasteiger partial charge in [0.15, 0.2) is 0 Å². The summed E-state index contributed by atoms with van der Waals surface area (Å²) in [5.74, 6) is -0.0250. The van der Waals surface area contributed by atoms with E-state index in [-0.39, 0.29) is 5.91 Å². The summed E-state index contributed by atoms with van der Waals surface area (Å²) in [5.41, 5.74) is 10.3. The van der Waals surface area contributed by atoms with E-state index in [1.54, 1.807) is 24.3 Å². The average molecular weight is 264 g/mol. The second-order valence-corrected chi connectivity index (χ2v) is 4.64. The van der Waals surface area contributed by atoms with Gasteiger partial charge in [0.25, 0.3) is 0 Å². The first-order chi connectivity index (χ1) is 9.65. The molecule has 0 saturated heterocycles. The zero-order chi connectivity index (χ0) is 14.1. The number of amides is 1. The quantitative estimate of drug-likeness (QED) is 0.726. The van der Waals surface area contributed by atoms with E-state index < -0.39 is 0 Å². The lowest BCUT2D eigenvalue weighted by Crippen LogP contribution is -2.03. The molecule has 1 aliphatic heterocycles. The molecular weight excluding hydrogens is 252 g/mol. The number of nitrogen functional groups attached to an aromatic ring is 1. The molecule has 0 aliphatic carbocycles. The number of anilines is 4. The van der Waals surface area contributed by atoms with Crippen LogP contribution in [0.5, 0.6) is 0 Å². The second-order valence-electron chi connectivity index (χ2n) is 4.64. The molecule has 0 fully saturated rings. The molecule has 0 saturated carbocycles. The molecule has 1 heterocycles. The Morgan fingerprint density at radius 1 is 1.30 bits per heavy atom. The minimum atomic E-state index is -0.0250. The van der Waals surface area contributed by atoms with Gasteiger partial charge in [0.1, 0.15) is 0 Å². The van der Waals surface area contributed by atoms with Crippen molar-refractivity contribution in [2.24, 2.45) is 0 Å². The number of benzene rings is 2. The van der Waals surface area contributed by atoms with Gasteiger partial charge in [0.2, 0.25) is 5.91 Å². The molecule has 1 amide bonds. The van der Waals surface area contributed by atoms with Crippen LogP contribution in [-0.4, -0.2) is 5.91 Å². The largest absolute Gasteiger partial charge is 0.397 e. The topological polar surface area (TPSA) is 90.9 Å². The highest BCUT2D eigenvalue weighted by atomic mass is 16.1. The van der Waals surface area contributed by atoms with Crippen molar-refractivity contribution in [1.29, 1.82) is 5.26 Å². The third-order valence-corrected chi connectivity index (χ3v) is 3.17. The first-order valence-corrected chi connectivity index (χ1v) is 6.15. The molecule has 0 radical (unpaired) electrons. The monoisotopic (exact) mass is 264 g/mol. The van der Waals surface area contributed by atoms with Gasteiger partial charge in [0.05, 0.1) is 29.4 Å². The smallest absolute Gasteiger partial charge is 0.228 e. The Morgan fingerprint density at radius 3 is 2.95 bits per heavy atom. The number of hydrogen-bond donors (Lipinski definition) is 3. The lowest BCUT2D eigenvalue weighted by molar-refractivity contribution is -0.115. The zero-order valence-corrected chi connectivity index (χ0v) is 10.6. The maximum absolute atomic E-state index is 11.4. The Balaban J connectivity index is 1.93. The van der Waals surface area contributed by atoms with Crippen LogP contribution in [0.4, 0.5) is 22.7 Å². The summed E-state index contributed by atoms with van der Waals surface area (Å²) in [6.45, 7) is 0. The molecular formula is C15H12N4O. The van der Waals surface area contributed by atoms with Gasteiger partial charge in [-0.3, -0.25) is 4.79 Å². The van der Waals surface area contributed by atoms with Crippen molar-refractivity contribution in [3.8, 4) is 6.07 Å². The lowest BCUT2D eigenvalue weighted by atomic mass is 10.1. The molecule has 5 heteroatoms. The fourth-order valence-electron chi connectivity index (χ4n) is 2.22. The van der Waals surface area contributed by atoms with Crippen LogP contribution in [0.3, 0.4) is 0 Å². The van der Waals surface area contributed by atoms with Crippen LogP contribution >= 0.6 is 0 Å². The van der Waals surface area contributed by atoms with Gasteiger partial charge in [-0.1, -0.05) is 6.07 Å². The maximum atomic E-state index is 11.4. The molecule has 20 heavy (non-hydrogen) atoms. The van der Waals surface area contributed by atoms with E-state index in [0.717, 1.165) is 16.9 Å². The fraction of sp³-hybridized carbons (Fsp3) is 0.0667.